The molecule has 0 spiro atoms. The van der Waals surface area contributed by atoms with Gasteiger partial charge in [-0.2, -0.15) is 0 Å². The molecular weight excluding hydrogens is 294 g/mol. The van der Waals surface area contributed by atoms with Gasteiger partial charge in [-0.1, -0.05) is 41.4 Å². The average molecular weight is 310 g/mol. The fourth-order valence-corrected chi connectivity index (χ4v) is 3.83. The van der Waals surface area contributed by atoms with Crippen molar-refractivity contribution in [3.63, 3.8) is 0 Å². The van der Waals surface area contributed by atoms with Crippen molar-refractivity contribution >= 4 is 21.4 Å². The number of rotatable bonds is 4. The van der Waals surface area contributed by atoms with Crippen LogP contribution in [0.3, 0.4) is 0 Å². The summed E-state index contributed by atoms with van der Waals surface area (Å²) in [6.07, 6.45) is 0. The fraction of sp³-hybridized carbons (Fsp3) is 0.200. The zero-order valence-corrected chi connectivity index (χ0v) is 12.7. The summed E-state index contributed by atoms with van der Waals surface area (Å²) in [4.78, 5) is 0.235. The Morgan fingerprint density at radius 2 is 1.80 bits per heavy atom. The van der Waals surface area contributed by atoms with E-state index < -0.39 is 15.1 Å². The Balaban J connectivity index is 2.47. The van der Waals surface area contributed by atoms with Crippen LogP contribution in [0.4, 0.5) is 0 Å². The van der Waals surface area contributed by atoms with Crippen molar-refractivity contribution < 1.29 is 8.42 Å². The molecule has 1 unspecified atom stereocenters. The second kappa shape index (κ2) is 5.95. The van der Waals surface area contributed by atoms with Gasteiger partial charge in [0.05, 0.1) is 4.90 Å². The SMILES string of the molecule is Cc1cccc(C(CN)S(=O)(=O)c2ccc(Cl)cc2)c1. The van der Waals surface area contributed by atoms with E-state index in [1.807, 2.05) is 25.1 Å². The Labute approximate surface area is 124 Å². The summed E-state index contributed by atoms with van der Waals surface area (Å²) in [7, 11) is -3.52. The molecule has 0 heterocycles. The molecule has 106 valence electrons. The number of hydrogen-bond acceptors (Lipinski definition) is 3. The zero-order chi connectivity index (χ0) is 14.8. The predicted octanol–water partition coefficient (Wildman–Crippen LogP) is 3.12. The van der Waals surface area contributed by atoms with Crippen molar-refractivity contribution in [1.29, 1.82) is 0 Å². The van der Waals surface area contributed by atoms with Crippen LogP contribution < -0.4 is 5.73 Å². The van der Waals surface area contributed by atoms with E-state index >= 15 is 0 Å². The van der Waals surface area contributed by atoms with Crippen LogP contribution in [0.25, 0.3) is 0 Å². The maximum atomic E-state index is 12.7. The van der Waals surface area contributed by atoms with Crippen molar-refractivity contribution in [3.05, 3.63) is 64.7 Å². The van der Waals surface area contributed by atoms with Gasteiger partial charge in [0.15, 0.2) is 9.84 Å². The molecule has 0 bridgehead atoms. The van der Waals surface area contributed by atoms with Crippen molar-refractivity contribution in [2.75, 3.05) is 6.54 Å². The van der Waals surface area contributed by atoms with Crippen molar-refractivity contribution in [3.8, 4) is 0 Å². The van der Waals surface area contributed by atoms with Gasteiger partial charge in [-0.15, -0.1) is 0 Å². The van der Waals surface area contributed by atoms with Crippen LogP contribution in [0.15, 0.2) is 53.4 Å². The number of sulfone groups is 1. The third-order valence-corrected chi connectivity index (χ3v) is 5.54. The Bertz CT molecular complexity index is 696. The third-order valence-electron chi connectivity index (χ3n) is 3.14. The van der Waals surface area contributed by atoms with E-state index in [4.69, 9.17) is 17.3 Å². The Hall–Kier alpha value is -1.36. The normalized spacial score (nSPS) is 13.2. The number of nitrogens with two attached hydrogens (primary N) is 1. The molecule has 2 aromatic rings. The van der Waals surface area contributed by atoms with Gasteiger partial charge >= 0.3 is 0 Å². The minimum Gasteiger partial charge on any atom is -0.329 e. The standard InChI is InChI=1S/C15H16ClNO2S/c1-11-3-2-4-12(9-11)15(10-17)20(18,19)14-7-5-13(16)6-8-14/h2-9,15H,10,17H2,1H3. The molecule has 0 radical (unpaired) electrons. The monoisotopic (exact) mass is 309 g/mol. The van der Waals surface area contributed by atoms with Gasteiger partial charge in [-0.25, -0.2) is 8.42 Å². The average Bonchev–Trinajstić information content (AvgIpc) is 2.40. The fourth-order valence-electron chi connectivity index (χ4n) is 2.10. The van der Waals surface area contributed by atoms with Gasteiger partial charge in [0.2, 0.25) is 0 Å². The van der Waals surface area contributed by atoms with E-state index in [1.54, 1.807) is 18.2 Å². The van der Waals surface area contributed by atoms with E-state index in [0.29, 0.717) is 10.6 Å². The molecular formula is C15H16ClNO2S. The number of halogens is 1. The van der Waals surface area contributed by atoms with Crippen LogP contribution in [0.5, 0.6) is 0 Å². The third kappa shape index (κ3) is 3.03. The first kappa shape index (κ1) is 15.0. The molecule has 0 aliphatic rings. The van der Waals surface area contributed by atoms with Gasteiger partial charge in [0.1, 0.15) is 5.25 Å². The second-order valence-corrected chi connectivity index (χ2v) is 7.20. The lowest BCUT2D eigenvalue weighted by Gasteiger charge is -2.17. The molecule has 0 saturated carbocycles. The number of hydrogen-bond donors (Lipinski definition) is 1. The minimum absolute atomic E-state index is 0.0361. The quantitative estimate of drug-likeness (QED) is 0.944. The Morgan fingerprint density at radius 3 is 2.35 bits per heavy atom. The number of aryl methyl sites for hydroxylation is 1. The lowest BCUT2D eigenvalue weighted by Crippen LogP contribution is -2.22. The van der Waals surface area contributed by atoms with Crippen LogP contribution in [0.1, 0.15) is 16.4 Å². The lowest BCUT2D eigenvalue weighted by molar-refractivity contribution is 0.582. The predicted molar refractivity (Wildman–Crippen MR) is 81.6 cm³/mol. The highest BCUT2D eigenvalue weighted by Crippen LogP contribution is 2.29. The van der Waals surface area contributed by atoms with Crippen molar-refractivity contribution in [2.45, 2.75) is 17.1 Å². The molecule has 0 saturated heterocycles. The first-order valence-corrected chi connectivity index (χ1v) is 8.13. The molecule has 2 rings (SSSR count). The van der Waals surface area contributed by atoms with Crippen LogP contribution in [0, 0.1) is 6.92 Å². The molecule has 5 heteroatoms. The maximum Gasteiger partial charge on any atom is 0.186 e. The molecule has 0 aliphatic carbocycles. The highest BCUT2D eigenvalue weighted by Gasteiger charge is 2.27. The van der Waals surface area contributed by atoms with Gasteiger partial charge in [0.25, 0.3) is 0 Å². The smallest absolute Gasteiger partial charge is 0.186 e. The molecule has 0 amide bonds. The van der Waals surface area contributed by atoms with Crippen molar-refractivity contribution in [2.24, 2.45) is 5.73 Å². The summed E-state index contributed by atoms with van der Waals surface area (Å²) in [6, 6.07) is 13.6. The Morgan fingerprint density at radius 1 is 1.15 bits per heavy atom. The first-order valence-electron chi connectivity index (χ1n) is 6.21. The summed E-state index contributed by atoms with van der Waals surface area (Å²) in [5.41, 5.74) is 7.42. The van der Waals surface area contributed by atoms with Crippen LogP contribution in [-0.4, -0.2) is 15.0 Å². The minimum atomic E-state index is -3.52. The van der Waals surface area contributed by atoms with Crippen molar-refractivity contribution in [1.82, 2.24) is 0 Å². The molecule has 2 N–H and O–H groups in total. The molecule has 0 fully saturated rings. The molecule has 0 aromatic heterocycles. The van der Waals surface area contributed by atoms with Crippen LogP contribution in [-0.2, 0) is 9.84 Å². The zero-order valence-electron chi connectivity index (χ0n) is 11.1. The van der Waals surface area contributed by atoms with E-state index in [-0.39, 0.29) is 11.4 Å². The lowest BCUT2D eigenvalue weighted by atomic mass is 10.1. The van der Waals surface area contributed by atoms with Gasteiger partial charge in [-0.05, 0) is 36.8 Å². The molecule has 20 heavy (non-hydrogen) atoms. The summed E-state index contributed by atoms with van der Waals surface area (Å²) in [5.74, 6) is 0. The van der Waals surface area contributed by atoms with E-state index in [2.05, 4.69) is 0 Å². The Kier molecular flexibility index (Phi) is 4.48. The second-order valence-electron chi connectivity index (χ2n) is 4.64. The molecule has 0 aliphatic heterocycles. The summed E-state index contributed by atoms with van der Waals surface area (Å²) in [6.45, 7) is 1.96. The maximum absolute atomic E-state index is 12.7. The largest absolute Gasteiger partial charge is 0.329 e. The molecule has 1 atom stereocenters. The molecule has 2 aromatic carbocycles. The number of benzene rings is 2. The van der Waals surface area contributed by atoms with E-state index in [0.717, 1.165) is 5.56 Å². The van der Waals surface area contributed by atoms with Gasteiger partial charge in [-0.3, -0.25) is 0 Å². The topological polar surface area (TPSA) is 60.2 Å². The van der Waals surface area contributed by atoms with E-state index in [1.165, 1.54) is 12.1 Å². The summed E-state index contributed by atoms with van der Waals surface area (Å²) < 4.78 is 25.3. The van der Waals surface area contributed by atoms with E-state index in [9.17, 15) is 8.42 Å². The van der Waals surface area contributed by atoms with Gasteiger partial charge in [0, 0.05) is 11.6 Å². The van der Waals surface area contributed by atoms with Crippen LogP contribution in [0.2, 0.25) is 5.02 Å². The van der Waals surface area contributed by atoms with Crippen LogP contribution >= 0.6 is 11.6 Å². The summed E-state index contributed by atoms with van der Waals surface area (Å²) in [5, 5.41) is -0.243. The highest BCUT2D eigenvalue weighted by molar-refractivity contribution is 7.91. The summed E-state index contributed by atoms with van der Waals surface area (Å²) >= 11 is 5.79. The molecule has 3 nitrogen and oxygen atoms in total. The van der Waals surface area contributed by atoms with Gasteiger partial charge < -0.3 is 5.73 Å². The highest BCUT2D eigenvalue weighted by atomic mass is 35.5. The first-order chi connectivity index (χ1) is 9.45.